The Labute approximate surface area is 348 Å². The summed E-state index contributed by atoms with van der Waals surface area (Å²) >= 11 is 0. The zero-order valence-electron chi connectivity index (χ0n) is 33.7. The molecule has 18 nitrogen and oxygen atoms in total. The Morgan fingerprint density at radius 2 is 1.43 bits per heavy atom. The van der Waals surface area contributed by atoms with Gasteiger partial charge in [-0.1, -0.05) is 12.1 Å². The standard InChI is InChI=1S/C40H50F3NO17/c1-21(45)39(52)18-23-30(37(50)32-31(34(23)47)33(46)22-5-4-6-25(54-3)29(22)36(32)49)26(19-39)60-28-17-24(44-38(51)40(41,42)43)35(48)27(61-28)20-59-16-15-58-14-13-57-12-11-56-10-9-55-8-7-53-2/h4-6,24,26-28,35,47-48,50,52H,7-20H2,1-3H3,(H,44,51)/t24-,26-,27-,28+,35-,39-/m0/s1. The normalized spacial score (nSPS) is 23.6. The highest BCUT2D eigenvalue weighted by Gasteiger charge is 2.51. The van der Waals surface area contributed by atoms with Gasteiger partial charge in [0.2, 0.25) is 5.78 Å². The number of carbonyl (C=O) groups is 4. The number of halogens is 3. The summed E-state index contributed by atoms with van der Waals surface area (Å²) < 4.78 is 89.4. The number of rotatable bonds is 22. The Hall–Kier alpha value is -4.29. The molecular weight excluding hydrogens is 823 g/mol. The van der Waals surface area contributed by atoms with Crippen LogP contribution >= 0.6 is 0 Å². The van der Waals surface area contributed by atoms with Gasteiger partial charge < -0.3 is 68.4 Å². The van der Waals surface area contributed by atoms with Gasteiger partial charge in [0, 0.05) is 43.1 Å². The number of phenols is 2. The minimum Gasteiger partial charge on any atom is -0.507 e. The largest absolute Gasteiger partial charge is 0.507 e. The second kappa shape index (κ2) is 21.2. The topological polar surface area (TPSA) is 244 Å². The molecule has 21 heteroatoms. The third kappa shape index (κ3) is 11.2. The first-order valence-corrected chi connectivity index (χ1v) is 19.4. The average molecular weight is 874 g/mol. The van der Waals surface area contributed by atoms with E-state index in [9.17, 15) is 52.8 Å². The van der Waals surface area contributed by atoms with Gasteiger partial charge in [-0.25, -0.2) is 0 Å². The van der Waals surface area contributed by atoms with E-state index in [0.717, 1.165) is 6.92 Å². The number of aromatic hydroxyl groups is 2. The third-order valence-corrected chi connectivity index (χ3v) is 10.4. The zero-order valence-corrected chi connectivity index (χ0v) is 33.7. The number of ether oxygens (including phenoxy) is 9. The molecule has 0 spiro atoms. The summed E-state index contributed by atoms with van der Waals surface area (Å²) in [5.41, 5.74) is -4.43. The van der Waals surface area contributed by atoms with E-state index in [2.05, 4.69) is 0 Å². The van der Waals surface area contributed by atoms with Crippen LogP contribution in [-0.2, 0) is 53.9 Å². The van der Waals surface area contributed by atoms with Gasteiger partial charge in [-0.3, -0.25) is 19.2 Å². The third-order valence-electron chi connectivity index (χ3n) is 10.4. The van der Waals surface area contributed by atoms with Crippen LogP contribution in [0.5, 0.6) is 17.2 Å². The average Bonchev–Trinajstić information content (AvgIpc) is 3.21. The molecule has 1 amide bonds. The van der Waals surface area contributed by atoms with E-state index in [-0.39, 0.29) is 54.4 Å². The van der Waals surface area contributed by atoms with Crippen LogP contribution in [0.1, 0.15) is 68.8 Å². The Morgan fingerprint density at radius 3 is 1.98 bits per heavy atom. The molecule has 61 heavy (non-hydrogen) atoms. The summed E-state index contributed by atoms with van der Waals surface area (Å²) in [7, 11) is 2.84. The first kappa shape index (κ1) is 47.8. The smallest absolute Gasteiger partial charge is 0.471 e. The number of ketones is 3. The minimum absolute atomic E-state index is 0.000449. The van der Waals surface area contributed by atoms with E-state index < -0.39 is 114 Å². The van der Waals surface area contributed by atoms with Crippen molar-refractivity contribution >= 4 is 23.3 Å². The predicted molar refractivity (Wildman–Crippen MR) is 201 cm³/mol. The van der Waals surface area contributed by atoms with E-state index in [1.165, 1.54) is 25.3 Å². The van der Waals surface area contributed by atoms with E-state index in [1.807, 2.05) is 0 Å². The highest BCUT2D eigenvalue weighted by molar-refractivity contribution is 6.31. The van der Waals surface area contributed by atoms with Crippen molar-refractivity contribution in [2.75, 3.05) is 86.9 Å². The Balaban J connectivity index is 1.28. The molecule has 2 aliphatic carbocycles. The molecule has 1 saturated heterocycles. The van der Waals surface area contributed by atoms with Gasteiger partial charge >= 0.3 is 12.1 Å². The quantitative estimate of drug-likeness (QED) is 0.0709. The van der Waals surface area contributed by atoms with Gasteiger partial charge in [0.25, 0.3) is 0 Å². The lowest BCUT2D eigenvalue weighted by molar-refractivity contribution is -0.262. The highest BCUT2D eigenvalue weighted by atomic mass is 19.4. The van der Waals surface area contributed by atoms with Crippen LogP contribution in [0, 0.1) is 0 Å². The first-order chi connectivity index (χ1) is 29.0. The van der Waals surface area contributed by atoms with E-state index in [1.54, 1.807) is 12.4 Å². The lowest BCUT2D eigenvalue weighted by Crippen LogP contribution is -2.59. The Bertz CT molecular complexity index is 1890. The van der Waals surface area contributed by atoms with Gasteiger partial charge in [0.1, 0.15) is 35.1 Å². The molecule has 0 aromatic heterocycles. The molecular formula is C40H50F3NO17. The summed E-state index contributed by atoms with van der Waals surface area (Å²) in [6.07, 6.45) is -13.7. The van der Waals surface area contributed by atoms with Gasteiger partial charge in [-0.05, 0) is 13.0 Å². The van der Waals surface area contributed by atoms with E-state index >= 15 is 0 Å². The molecule has 5 N–H and O–H groups in total. The van der Waals surface area contributed by atoms with Gasteiger partial charge in [0.15, 0.2) is 17.9 Å². The molecule has 1 aliphatic heterocycles. The number of hydrogen-bond acceptors (Lipinski definition) is 17. The second-order valence-corrected chi connectivity index (χ2v) is 14.4. The lowest BCUT2D eigenvalue weighted by atomic mass is 9.72. The molecule has 0 saturated carbocycles. The molecule has 5 rings (SSSR count). The number of alkyl halides is 3. The molecule has 1 fully saturated rings. The Morgan fingerprint density at radius 1 is 0.852 bits per heavy atom. The molecule has 338 valence electrons. The van der Waals surface area contributed by atoms with Crippen molar-refractivity contribution in [1.82, 2.24) is 5.32 Å². The second-order valence-electron chi connectivity index (χ2n) is 14.4. The minimum atomic E-state index is -5.33. The fourth-order valence-corrected chi connectivity index (χ4v) is 7.26. The number of Topliss-reactive ketones (excluding diaryl/α,β-unsaturated/α-hetero) is 1. The fourth-order valence-electron chi connectivity index (χ4n) is 7.26. The number of methoxy groups -OCH3 is 2. The summed E-state index contributed by atoms with van der Waals surface area (Å²) in [6.45, 7) is 3.45. The van der Waals surface area contributed by atoms with Crippen LogP contribution < -0.4 is 10.1 Å². The molecule has 0 radical (unpaired) electrons. The van der Waals surface area contributed by atoms with E-state index in [0.29, 0.717) is 39.6 Å². The summed E-state index contributed by atoms with van der Waals surface area (Å²) in [6, 6.07) is 2.54. The van der Waals surface area contributed by atoms with Crippen molar-refractivity contribution in [2.24, 2.45) is 0 Å². The van der Waals surface area contributed by atoms with Crippen LogP contribution in [0.15, 0.2) is 18.2 Å². The monoisotopic (exact) mass is 873 g/mol. The van der Waals surface area contributed by atoms with Crippen LogP contribution in [0.4, 0.5) is 13.2 Å². The maximum Gasteiger partial charge on any atom is 0.471 e. The van der Waals surface area contributed by atoms with Gasteiger partial charge in [-0.15, -0.1) is 0 Å². The van der Waals surface area contributed by atoms with Gasteiger partial charge in [0.05, 0.1) is 109 Å². The van der Waals surface area contributed by atoms with E-state index in [4.69, 9.17) is 42.6 Å². The number of hydrogen-bond donors (Lipinski definition) is 5. The van der Waals surface area contributed by atoms with Crippen molar-refractivity contribution in [2.45, 2.75) is 68.6 Å². The SMILES string of the molecule is COCCOCCOCCOCCOCCOC[C@@H]1O[C@@H](O[C@H]2C[C@](O)(C(C)=O)Cc3c(O)c4c(c(O)c32)C(=O)c2c(OC)cccc2C4=O)C[C@H](NC(=O)C(F)(F)F)[C@@H]1O. The number of carbonyl (C=O) groups excluding carboxylic acids is 4. The maximum absolute atomic E-state index is 13.9. The number of aliphatic hydroxyl groups excluding tert-OH is 1. The number of amides is 1. The number of benzene rings is 2. The van der Waals surface area contributed by atoms with Crippen molar-refractivity contribution in [1.29, 1.82) is 0 Å². The molecule has 2 aromatic rings. The van der Waals surface area contributed by atoms with Crippen molar-refractivity contribution < 1.29 is 95.4 Å². The number of phenolic OH excluding ortho intramolecular Hbond substituents is 2. The van der Waals surface area contributed by atoms with Crippen molar-refractivity contribution in [3.8, 4) is 17.2 Å². The Kier molecular flexibility index (Phi) is 16.6. The molecule has 0 bridgehead atoms. The van der Waals surface area contributed by atoms with Crippen LogP contribution in [0.2, 0.25) is 0 Å². The predicted octanol–water partition coefficient (Wildman–Crippen LogP) is 1.46. The molecule has 6 atom stereocenters. The van der Waals surface area contributed by atoms with Crippen LogP contribution in [-0.4, -0.2) is 167 Å². The fraction of sp³-hybridized carbons (Fsp3) is 0.600. The number of aliphatic hydroxyl groups is 2. The summed E-state index contributed by atoms with van der Waals surface area (Å²) in [5.74, 6) is -6.58. The van der Waals surface area contributed by atoms with Gasteiger partial charge in [-0.2, -0.15) is 13.2 Å². The molecule has 2 aromatic carbocycles. The van der Waals surface area contributed by atoms with Crippen molar-refractivity contribution in [3.63, 3.8) is 0 Å². The lowest BCUT2D eigenvalue weighted by Gasteiger charge is -2.43. The molecule has 3 aliphatic rings. The van der Waals surface area contributed by atoms with Crippen LogP contribution in [0.3, 0.4) is 0 Å². The molecule has 0 unspecified atom stereocenters. The van der Waals surface area contributed by atoms with Crippen LogP contribution in [0.25, 0.3) is 0 Å². The van der Waals surface area contributed by atoms with Crippen molar-refractivity contribution in [3.05, 3.63) is 51.6 Å². The maximum atomic E-state index is 13.9. The summed E-state index contributed by atoms with van der Waals surface area (Å²) in [4.78, 5) is 52.6. The zero-order chi connectivity index (χ0) is 44.5. The summed E-state index contributed by atoms with van der Waals surface area (Å²) in [5, 5.41) is 47.7. The number of nitrogens with one attached hydrogen (secondary N) is 1. The molecule has 1 heterocycles. The first-order valence-electron chi connectivity index (χ1n) is 19.4. The number of fused-ring (bicyclic) bond motifs is 3. The highest BCUT2D eigenvalue weighted by Crippen LogP contribution is 2.52.